The van der Waals surface area contributed by atoms with E-state index in [-0.39, 0.29) is 5.91 Å². The Morgan fingerprint density at radius 3 is 2.43 bits per heavy atom. The third kappa shape index (κ3) is 4.34. The van der Waals surface area contributed by atoms with E-state index >= 15 is 0 Å². The van der Waals surface area contributed by atoms with Crippen LogP contribution in [0.5, 0.6) is 5.75 Å². The molecule has 1 aromatic heterocycles. The lowest BCUT2D eigenvalue weighted by Crippen LogP contribution is -2.32. The van der Waals surface area contributed by atoms with Crippen LogP contribution in [0, 0.1) is 20.8 Å². The van der Waals surface area contributed by atoms with Crippen molar-refractivity contribution in [2.24, 2.45) is 7.05 Å². The van der Waals surface area contributed by atoms with Crippen LogP contribution in [0.4, 0.5) is 0 Å². The molecule has 0 N–H and O–H groups in total. The van der Waals surface area contributed by atoms with Gasteiger partial charge in [0, 0.05) is 25.4 Å². The quantitative estimate of drug-likeness (QED) is 0.822. The Morgan fingerprint density at radius 2 is 1.87 bits per heavy atom. The van der Waals surface area contributed by atoms with Crippen LogP contribution in [0.3, 0.4) is 0 Å². The zero-order valence-corrected chi connectivity index (χ0v) is 14.6. The summed E-state index contributed by atoms with van der Waals surface area (Å²) < 4.78 is 7.49. The first-order valence-electron chi connectivity index (χ1n) is 7.81. The molecular weight excluding hydrogens is 290 g/mol. The maximum atomic E-state index is 12.3. The summed E-state index contributed by atoms with van der Waals surface area (Å²) in [6, 6.07) is 7.91. The first kappa shape index (κ1) is 17.1. The van der Waals surface area contributed by atoms with E-state index in [0.29, 0.717) is 19.6 Å². The van der Waals surface area contributed by atoms with Gasteiger partial charge in [-0.25, -0.2) is 0 Å². The Bertz CT molecular complexity index is 674. The maximum Gasteiger partial charge on any atom is 0.226 e. The van der Waals surface area contributed by atoms with Crippen molar-refractivity contribution in [2.75, 3.05) is 20.2 Å². The fourth-order valence-electron chi connectivity index (χ4n) is 2.42. The van der Waals surface area contributed by atoms with Crippen molar-refractivity contribution in [3.63, 3.8) is 0 Å². The normalized spacial score (nSPS) is 10.7. The van der Waals surface area contributed by atoms with Crippen LogP contribution in [-0.4, -0.2) is 40.8 Å². The van der Waals surface area contributed by atoms with Gasteiger partial charge < -0.3 is 9.64 Å². The molecule has 0 radical (unpaired) electrons. The molecule has 0 atom stereocenters. The number of benzene rings is 1. The second kappa shape index (κ2) is 7.31. The summed E-state index contributed by atoms with van der Waals surface area (Å²) in [7, 11) is 3.71. The number of amides is 1. The van der Waals surface area contributed by atoms with Crippen LogP contribution >= 0.6 is 0 Å². The number of carbonyl (C=O) groups is 1. The van der Waals surface area contributed by atoms with Gasteiger partial charge in [-0.1, -0.05) is 17.7 Å². The third-order valence-corrected chi connectivity index (χ3v) is 4.13. The van der Waals surface area contributed by atoms with Crippen LogP contribution in [-0.2, 0) is 18.3 Å². The first-order chi connectivity index (χ1) is 10.9. The molecule has 0 aliphatic heterocycles. The molecule has 2 rings (SSSR count). The molecule has 0 saturated carbocycles. The molecule has 0 aliphatic rings. The number of ether oxygens (including phenoxy) is 1. The van der Waals surface area contributed by atoms with Crippen LogP contribution in [0.1, 0.15) is 22.5 Å². The highest BCUT2D eigenvalue weighted by molar-refractivity contribution is 5.79. The molecule has 23 heavy (non-hydrogen) atoms. The SMILES string of the molecule is Cc1ccc(OCCN(C)C(=O)Cc2c(C)nn(C)c2C)cc1. The number of rotatable bonds is 6. The summed E-state index contributed by atoms with van der Waals surface area (Å²) >= 11 is 0. The molecule has 1 heterocycles. The van der Waals surface area contributed by atoms with Crippen LogP contribution in [0.2, 0.25) is 0 Å². The molecule has 5 heteroatoms. The van der Waals surface area contributed by atoms with Crippen LogP contribution in [0.15, 0.2) is 24.3 Å². The van der Waals surface area contributed by atoms with Gasteiger partial charge in [0.05, 0.1) is 18.7 Å². The van der Waals surface area contributed by atoms with E-state index in [9.17, 15) is 4.79 Å². The van der Waals surface area contributed by atoms with Gasteiger partial charge in [-0.05, 0) is 32.9 Å². The largest absolute Gasteiger partial charge is 0.492 e. The van der Waals surface area contributed by atoms with E-state index < -0.39 is 0 Å². The van der Waals surface area contributed by atoms with Crippen molar-refractivity contribution < 1.29 is 9.53 Å². The molecule has 1 aromatic carbocycles. The van der Waals surface area contributed by atoms with E-state index in [0.717, 1.165) is 22.7 Å². The molecule has 0 spiro atoms. The van der Waals surface area contributed by atoms with E-state index in [1.165, 1.54) is 5.56 Å². The average molecular weight is 315 g/mol. The summed E-state index contributed by atoms with van der Waals surface area (Å²) in [6.45, 7) is 7.01. The van der Waals surface area contributed by atoms with Crippen molar-refractivity contribution in [2.45, 2.75) is 27.2 Å². The molecule has 124 valence electrons. The second-order valence-corrected chi connectivity index (χ2v) is 5.93. The van der Waals surface area contributed by atoms with Gasteiger partial charge in [0.2, 0.25) is 5.91 Å². The molecule has 0 bridgehead atoms. The summed E-state index contributed by atoms with van der Waals surface area (Å²) in [4.78, 5) is 14.1. The minimum atomic E-state index is 0.0803. The highest BCUT2D eigenvalue weighted by atomic mass is 16.5. The lowest BCUT2D eigenvalue weighted by molar-refractivity contribution is -0.129. The summed E-state index contributed by atoms with van der Waals surface area (Å²) in [6.07, 6.45) is 0.381. The Balaban J connectivity index is 1.84. The Morgan fingerprint density at radius 1 is 1.22 bits per heavy atom. The van der Waals surface area contributed by atoms with Crippen molar-refractivity contribution in [1.29, 1.82) is 0 Å². The topological polar surface area (TPSA) is 47.4 Å². The predicted molar refractivity (Wildman–Crippen MR) is 90.7 cm³/mol. The molecule has 0 aliphatic carbocycles. The molecule has 0 fully saturated rings. The van der Waals surface area contributed by atoms with E-state index in [1.54, 1.807) is 4.90 Å². The Labute approximate surface area is 137 Å². The molecule has 5 nitrogen and oxygen atoms in total. The third-order valence-electron chi connectivity index (χ3n) is 4.13. The van der Waals surface area contributed by atoms with E-state index in [1.807, 2.05) is 63.8 Å². The van der Waals surface area contributed by atoms with Gasteiger partial charge >= 0.3 is 0 Å². The zero-order valence-electron chi connectivity index (χ0n) is 14.6. The number of aromatic nitrogens is 2. The number of likely N-dealkylation sites (N-methyl/N-ethyl adjacent to an activating group) is 1. The van der Waals surface area contributed by atoms with Crippen molar-refractivity contribution in [3.05, 3.63) is 46.8 Å². The van der Waals surface area contributed by atoms with E-state index in [2.05, 4.69) is 5.10 Å². The highest BCUT2D eigenvalue weighted by Crippen LogP contribution is 2.14. The van der Waals surface area contributed by atoms with Gasteiger partial charge in [0.1, 0.15) is 12.4 Å². The minimum absolute atomic E-state index is 0.0803. The average Bonchev–Trinajstić information content (AvgIpc) is 2.75. The van der Waals surface area contributed by atoms with Crippen LogP contribution < -0.4 is 4.74 Å². The molecule has 1 amide bonds. The summed E-state index contributed by atoms with van der Waals surface area (Å²) in [5, 5.41) is 4.35. The fourth-order valence-corrected chi connectivity index (χ4v) is 2.42. The monoisotopic (exact) mass is 315 g/mol. The van der Waals surface area contributed by atoms with Crippen molar-refractivity contribution >= 4 is 5.91 Å². The van der Waals surface area contributed by atoms with Gasteiger partial charge in [0.15, 0.2) is 0 Å². The Kier molecular flexibility index (Phi) is 5.42. The van der Waals surface area contributed by atoms with Crippen LogP contribution in [0.25, 0.3) is 0 Å². The number of aryl methyl sites for hydroxylation is 3. The van der Waals surface area contributed by atoms with Crippen molar-refractivity contribution in [3.8, 4) is 5.75 Å². The highest BCUT2D eigenvalue weighted by Gasteiger charge is 2.16. The first-order valence-corrected chi connectivity index (χ1v) is 7.81. The van der Waals surface area contributed by atoms with Crippen molar-refractivity contribution in [1.82, 2.24) is 14.7 Å². The number of nitrogens with zero attached hydrogens (tertiary/aromatic N) is 3. The predicted octanol–water partition coefficient (Wildman–Crippen LogP) is 2.43. The summed E-state index contributed by atoms with van der Waals surface area (Å²) in [5.41, 5.74) is 4.18. The molecule has 0 unspecified atom stereocenters. The van der Waals surface area contributed by atoms with Gasteiger partial charge in [-0.3, -0.25) is 9.48 Å². The van der Waals surface area contributed by atoms with Gasteiger partial charge in [-0.15, -0.1) is 0 Å². The standard InChI is InChI=1S/C18H25N3O2/c1-13-6-8-16(9-7-13)23-11-10-20(4)18(22)12-17-14(2)19-21(5)15(17)3/h6-9H,10-12H2,1-5H3. The second-order valence-electron chi connectivity index (χ2n) is 5.93. The lowest BCUT2D eigenvalue weighted by atomic mass is 10.1. The number of carbonyl (C=O) groups excluding carboxylic acids is 1. The number of hydrogen-bond acceptors (Lipinski definition) is 3. The summed E-state index contributed by atoms with van der Waals surface area (Å²) in [5.74, 6) is 0.909. The molecule has 2 aromatic rings. The van der Waals surface area contributed by atoms with E-state index in [4.69, 9.17) is 4.74 Å². The maximum absolute atomic E-state index is 12.3. The van der Waals surface area contributed by atoms with Gasteiger partial charge in [0.25, 0.3) is 0 Å². The fraction of sp³-hybridized carbons (Fsp3) is 0.444. The Hall–Kier alpha value is -2.30. The number of hydrogen-bond donors (Lipinski definition) is 0. The smallest absolute Gasteiger partial charge is 0.226 e. The zero-order chi connectivity index (χ0) is 17.0. The molecule has 0 saturated heterocycles. The minimum Gasteiger partial charge on any atom is -0.492 e. The van der Waals surface area contributed by atoms with Gasteiger partial charge in [-0.2, -0.15) is 5.10 Å². The lowest BCUT2D eigenvalue weighted by Gasteiger charge is -2.17. The molecular formula is C18H25N3O2.